The highest BCUT2D eigenvalue weighted by Crippen LogP contribution is 2.24. The molecule has 98 valence electrons. The molecule has 0 spiro atoms. The quantitative estimate of drug-likeness (QED) is 0.733. The number of hydrogen-bond donors (Lipinski definition) is 3. The van der Waals surface area contributed by atoms with Gasteiger partial charge in [-0.2, -0.15) is 0 Å². The van der Waals surface area contributed by atoms with Crippen LogP contribution in [0.4, 0.5) is 5.69 Å². The lowest BCUT2D eigenvalue weighted by Gasteiger charge is -2.15. The fourth-order valence-corrected chi connectivity index (χ4v) is 1.88. The third kappa shape index (κ3) is 3.11. The Bertz CT molecular complexity index is 555. The van der Waals surface area contributed by atoms with Crippen LogP contribution in [0, 0.1) is 0 Å². The molecule has 2 rings (SSSR count). The van der Waals surface area contributed by atoms with Crippen LogP contribution in [0.1, 0.15) is 11.5 Å². The van der Waals surface area contributed by atoms with Crippen molar-refractivity contribution in [3.05, 3.63) is 60.2 Å². The lowest BCUT2D eigenvalue weighted by molar-refractivity contribution is -0.117. The molecular formula is C15H16N2O2. The molecule has 19 heavy (non-hydrogen) atoms. The van der Waals surface area contributed by atoms with Crippen LogP contribution in [-0.2, 0) is 4.79 Å². The van der Waals surface area contributed by atoms with Gasteiger partial charge in [0.15, 0.2) is 0 Å². The molecule has 0 bridgehead atoms. The number of aromatic hydroxyl groups is 1. The molecule has 2 aromatic rings. The molecule has 0 aliphatic rings. The Morgan fingerprint density at radius 2 is 1.74 bits per heavy atom. The zero-order valence-corrected chi connectivity index (χ0v) is 10.4. The fourth-order valence-electron chi connectivity index (χ4n) is 1.88. The number of benzene rings is 2. The molecule has 2 aromatic carbocycles. The molecule has 0 aliphatic heterocycles. The van der Waals surface area contributed by atoms with Gasteiger partial charge in [-0.3, -0.25) is 4.79 Å². The molecule has 0 aromatic heterocycles. The number of nitrogens with two attached hydrogens (primary N) is 1. The molecule has 1 amide bonds. The van der Waals surface area contributed by atoms with E-state index in [1.165, 1.54) is 6.07 Å². The summed E-state index contributed by atoms with van der Waals surface area (Å²) in [6.07, 6.45) is 0. The van der Waals surface area contributed by atoms with Gasteiger partial charge >= 0.3 is 0 Å². The van der Waals surface area contributed by atoms with Crippen molar-refractivity contribution in [3.63, 3.8) is 0 Å². The molecule has 1 unspecified atom stereocenters. The van der Waals surface area contributed by atoms with Crippen LogP contribution in [0.3, 0.4) is 0 Å². The maximum atomic E-state index is 12.2. The van der Waals surface area contributed by atoms with Gasteiger partial charge in [-0.15, -0.1) is 0 Å². The minimum absolute atomic E-state index is 0.0414. The summed E-state index contributed by atoms with van der Waals surface area (Å²) in [5.41, 5.74) is 6.92. The Labute approximate surface area is 111 Å². The first-order valence-electron chi connectivity index (χ1n) is 6.06. The van der Waals surface area contributed by atoms with E-state index in [0.29, 0.717) is 5.69 Å². The van der Waals surface area contributed by atoms with Crippen LogP contribution in [0.2, 0.25) is 0 Å². The van der Waals surface area contributed by atoms with Crippen LogP contribution in [0.15, 0.2) is 54.6 Å². The monoisotopic (exact) mass is 256 g/mol. The number of phenols is 1. The number of nitrogens with one attached hydrogen (secondary N) is 1. The molecule has 0 radical (unpaired) electrons. The standard InChI is InChI=1S/C15H16N2O2/c16-10-12(11-6-2-1-3-7-11)15(19)17-13-8-4-5-9-14(13)18/h1-9,12,18H,10,16H2,(H,17,19). The number of carbonyl (C=O) groups excluding carboxylic acids is 1. The van der Waals surface area contributed by atoms with Crippen molar-refractivity contribution in [1.29, 1.82) is 0 Å². The van der Waals surface area contributed by atoms with Gasteiger partial charge in [-0.05, 0) is 17.7 Å². The third-order valence-corrected chi connectivity index (χ3v) is 2.92. The molecule has 0 saturated heterocycles. The van der Waals surface area contributed by atoms with Gasteiger partial charge < -0.3 is 16.2 Å². The lowest BCUT2D eigenvalue weighted by Crippen LogP contribution is -2.27. The minimum Gasteiger partial charge on any atom is -0.506 e. The van der Waals surface area contributed by atoms with E-state index < -0.39 is 5.92 Å². The largest absolute Gasteiger partial charge is 0.506 e. The van der Waals surface area contributed by atoms with E-state index in [2.05, 4.69) is 5.32 Å². The Balaban J connectivity index is 2.17. The van der Waals surface area contributed by atoms with E-state index in [9.17, 15) is 9.90 Å². The summed E-state index contributed by atoms with van der Waals surface area (Å²) in [4.78, 5) is 12.2. The zero-order valence-electron chi connectivity index (χ0n) is 10.4. The van der Waals surface area contributed by atoms with E-state index in [1.807, 2.05) is 30.3 Å². The van der Waals surface area contributed by atoms with Gasteiger partial charge in [-0.1, -0.05) is 42.5 Å². The number of carbonyl (C=O) groups is 1. The first-order chi connectivity index (χ1) is 9.22. The maximum absolute atomic E-state index is 12.2. The van der Waals surface area contributed by atoms with Gasteiger partial charge in [0.25, 0.3) is 0 Å². The van der Waals surface area contributed by atoms with Gasteiger partial charge in [-0.25, -0.2) is 0 Å². The summed E-state index contributed by atoms with van der Waals surface area (Å²) in [6, 6.07) is 16.0. The summed E-state index contributed by atoms with van der Waals surface area (Å²) in [5, 5.41) is 12.3. The summed E-state index contributed by atoms with van der Waals surface area (Å²) >= 11 is 0. The van der Waals surface area contributed by atoms with Crippen molar-refractivity contribution < 1.29 is 9.90 Å². The molecule has 0 saturated carbocycles. The van der Waals surface area contributed by atoms with E-state index in [0.717, 1.165) is 5.56 Å². The minimum atomic E-state index is -0.430. The number of hydrogen-bond acceptors (Lipinski definition) is 3. The maximum Gasteiger partial charge on any atom is 0.233 e. The topological polar surface area (TPSA) is 75.4 Å². The Kier molecular flexibility index (Phi) is 4.15. The second-order valence-corrected chi connectivity index (χ2v) is 4.21. The van der Waals surface area contributed by atoms with Crippen LogP contribution < -0.4 is 11.1 Å². The van der Waals surface area contributed by atoms with Crippen LogP contribution in [0.25, 0.3) is 0 Å². The molecule has 4 nitrogen and oxygen atoms in total. The van der Waals surface area contributed by atoms with Gasteiger partial charge in [0.2, 0.25) is 5.91 Å². The lowest BCUT2D eigenvalue weighted by atomic mass is 9.98. The van der Waals surface area contributed by atoms with E-state index >= 15 is 0 Å². The summed E-state index contributed by atoms with van der Waals surface area (Å²) < 4.78 is 0. The predicted molar refractivity (Wildman–Crippen MR) is 75.0 cm³/mol. The highest BCUT2D eigenvalue weighted by atomic mass is 16.3. The predicted octanol–water partition coefficient (Wildman–Crippen LogP) is 2.07. The SMILES string of the molecule is NCC(C(=O)Nc1ccccc1O)c1ccccc1. The number of amides is 1. The molecule has 4 N–H and O–H groups in total. The van der Waals surface area contributed by atoms with Crippen LogP contribution >= 0.6 is 0 Å². The first kappa shape index (κ1) is 13.1. The molecule has 1 atom stereocenters. The van der Waals surface area contributed by atoms with Crippen molar-refractivity contribution in [2.45, 2.75) is 5.92 Å². The second-order valence-electron chi connectivity index (χ2n) is 4.21. The highest BCUT2D eigenvalue weighted by molar-refractivity contribution is 5.97. The second kappa shape index (κ2) is 6.02. The average molecular weight is 256 g/mol. The van der Waals surface area contributed by atoms with Crippen LogP contribution in [0.5, 0.6) is 5.75 Å². The number of para-hydroxylation sites is 2. The molecular weight excluding hydrogens is 240 g/mol. The van der Waals surface area contributed by atoms with E-state index in [-0.39, 0.29) is 18.2 Å². The Hall–Kier alpha value is -2.33. The molecule has 0 fully saturated rings. The molecule has 4 heteroatoms. The zero-order chi connectivity index (χ0) is 13.7. The van der Waals surface area contributed by atoms with Crippen molar-refractivity contribution in [1.82, 2.24) is 0 Å². The summed E-state index contributed by atoms with van der Waals surface area (Å²) in [5.74, 6) is -0.615. The normalized spacial score (nSPS) is 11.8. The Morgan fingerprint density at radius 1 is 1.11 bits per heavy atom. The fraction of sp³-hybridized carbons (Fsp3) is 0.133. The van der Waals surface area contributed by atoms with Crippen molar-refractivity contribution >= 4 is 11.6 Å². The summed E-state index contributed by atoms with van der Waals surface area (Å²) in [7, 11) is 0. The summed E-state index contributed by atoms with van der Waals surface area (Å²) in [6.45, 7) is 0.212. The van der Waals surface area contributed by atoms with Crippen molar-refractivity contribution in [2.75, 3.05) is 11.9 Å². The van der Waals surface area contributed by atoms with E-state index in [1.54, 1.807) is 18.2 Å². The third-order valence-electron chi connectivity index (χ3n) is 2.92. The average Bonchev–Trinajstić information content (AvgIpc) is 2.43. The van der Waals surface area contributed by atoms with Crippen molar-refractivity contribution in [2.24, 2.45) is 5.73 Å². The number of anilines is 1. The Morgan fingerprint density at radius 3 is 2.37 bits per heavy atom. The number of phenolic OH excluding ortho intramolecular Hbond substituents is 1. The van der Waals surface area contributed by atoms with Gasteiger partial charge in [0, 0.05) is 6.54 Å². The van der Waals surface area contributed by atoms with Gasteiger partial charge in [0.1, 0.15) is 5.75 Å². The van der Waals surface area contributed by atoms with Crippen LogP contribution in [-0.4, -0.2) is 17.6 Å². The number of rotatable bonds is 4. The first-order valence-corrected chi connectivity index (χ1v) is 6.06. The highest BCUT2D eigenvalue weighted by Gasteiger charge is 2.19. The van der Waals surface area contributed by atoms with E-state index in [4.69, 9.17) is 5.73 Å². The van der Waals surface area contributed by atoms with Crippen molar-refractivity contribution in [3.8, 4) is 5.75 Å². The molecule has 0 heterocycles. The van der Waals surface area contributed by atoms with Gasteiger partial charge in [0.05, 0.1) is 11.6 Å². The molecule has 0 aliphatic carbocycles. The smallest absolute Gasteiger partial charge is 0.233 e.